The zero-order chi connectivity index (χ0) is 17.0. The predicted molar refractivity (Wildman–Crippen MR) is 89.8 cm³/mol. The number of amides is 2. The molecule has 0 aliphatic carbocycles. The maximum absolute atomic E-state index is 12.7. The Morgan fingerprint density at radius 3 is 2.83 bits per heavy atom. The summed E-state index contributed by atoms with van der Waals surface area (Å²) in [5, 5.41) is 12.7. The summed E-state index contributed by atoms with van der Waals surface area (Å²) in [4.78, 5) is 26.6. The van der Waals surface area contributed by atoms with Gasteiger partial charge in [-0.05, 0) is 37.5 Å². The van der Waals surface area contributed by atoms with Crippen LogP contribution in [-0.2, 0) is 4.79 Å². The van der Waals surface area contributed by atoms with Gasteiger partial charge >= 0.3 is 0 Å². The Hall–Kier alpha value is -1.30. The van der Waals surface area contributed by atoms with E-state index in [1.807, 2.05) is 6.92 Å². The Labute approximate surface area is 145 Å². The number of rotatable bonds is 5. The Morgan fingerprint density at radius 1 is 1.43 bits per heavy atom. The summed E-state index contributed by atoms with van der Waals surface area (Å²) in [5.74, 6) is -0.540. The molecule has 7 heteroatoms. The van der Waals surface area contributed by atoms with Crippen molar-refractivity contribution in [3.63, 3.8) is 0 Å². The van der Waals surface area contributed by atoms with Gasteiger partial charge in [0.25, 0.3) is 5.91 Å². The van der Waals surface area contributed by atoms with Crippen molar-refractivity contribution in [2.75, 3.05) is 13.2 Å². The standard InChI is InChI=1S/C16H20Cl2N2O3/c1-2-11(9-21)19-15(22)14-4-3-7-20(14)16(23)12-8-10(17)5-6-13(12)18/h5-6,8,11,14,21H,2-4,7,9H2,1H3,(H,19,22)/t11-,14?/m1/s1. The van der Waals surface area contributed by atoms with Crippen LogP contribution in [0.25, 0.3) is 0 Å². The van der Waals surface area contributed by atoms with Gasteiger partial charge in [-0.25, -0.2) is 0 Å². The minimum Gasteiger partial charge on any atom is -0.394 e. The van der Waals surface area contributed by atoms with E-state index in [1.165, 1.54) is 11.0 Å². The first-order valence-corrected chi connectivity index (χ1v) is 8.40. The first-order valence-electron chi connectivity index (χ1n) is 7.65. The van der Waals surface area contributed by atoms with E-state index in [2.05, 4.69) is 5.32 Å². The van der Waals surface area contributed by atoms with Gasteiger partial charge in [-0.1, -0.05) is 30.1 Å². The third kappa shape index (κ3) is 4.16. The molecule has 2 N–H and O–H groups in total. The molecule has 1 aromatic carbocycles. The first-order chi connectivity index (χ1) is 11.0. The lowest BCUT2D eigenvalue weighted by Crippen LogP contribution is -2.49. The van der Waals surface area contributed by atoms with Crippen LogP contribution in [0.1, 0.15) is 36.5 Å². The summed E-state index contributed by atoms with van der Waals surface area (Å²) < 4.78 is 0. The van der Waals surface area contributed by atoms with Gasteiger partial charge in [0.2, 0.25) is 5.91 Å². The second kappa shape index (κ2) is 7.99. The highest BCUT2D eigenvalue weighted by Gasteiger charge is 2.35. The Morgan fingerprint density at radius 2 is 2.17 bits per heavy atom. The molecule has 1 fully saturated rings. The van der Waals surface area contributed by atoms with Gasteiger partial charge in [-0.2, -0.15) is 0 Å². The summed E-state index contributed by atoms with van der Waals surface area (Å²) >= 11 is 12.0. The van der Waals surface area contributed by atoms with Crippen molar-refractivity contribution < 1.29 is 14.7 Å². The van der Waals surface area contributed by atoms with E-state index >= 15 is 0 Å². The van der Waals surface area contributed by atoms with E-state index in [0.717, 1.165) is 6.42 Å². The lowest BCUT2D eigenvalue weighted by Gasteiger charge is -2.26. The van der Waals surface area contributed by atoms with Crippen LogP contribution in [0.3, 0.4) is 0 Å². The van der Waals surface area contributed by atoms with Crippen LogP contribution in [0.15, 0.2) is 18.2 Å². The molecular weight excluding hydrogens is 339 g/mol. The molecule has 2 amide bonds. The maximum atomic E-state index is 12.7. The van der Waals surface area contributed by atoms with Crippen LogP contribution >= 0.6 is 23.2 Å². The number of carbonyl (C=O) groups excluding carboxylic acids is 2. The number of nitrogens with zero attached hydrogens (tertiary/aromatic N) is 1. The number of aliphatic hydroxyl groups excluding tert-OH is 1. The molecule has 23 heavy (non-hydrogen) atoms. The minimum absolute atomic E-state index is 0.122. The van der Waals surface area contributed by atoms with E-state index in [4.69, 9.17) is 23.2 Å². The fraction of sp³-hybridized carbons (Fsp3) is 0.500. The van der Waals surface area contributed by atoms with E-state index in [-0.39, 0.29) is 24.5 Å². The molecule has 0 radical (unpaired) electrons. The maximum Gasteiger partial charge on any atom is 0.256 e. The molecule has 1 aliphatic heterocycles. The van der Waals surface area contributed by atoms with Crippen molar-refractivity contribution in [2.24, 2.45) is 0 Å². The number of nitrogens with one attached hydrogen (secondary N) is 1. The SMILES string of the molecule is CC[C@H](CO)NC(=O)C1CCCN1C(=O)c1cc(Cl)ccc1Cl. The number of likely N-dealkylation sites (tertiary alicyclic amines) is 1. The second-order valence-electron chi connectivity index (χ2n) is 5.58. The highest BCUT2D eigenvalue weighted by molar-refractivity contribution is 6.35. The van der Waals surface area contributed by atoms with Crippen molar-refractivity contribution in [3.8, 4) is 0 Å². The lowest BCUT2D eigenvalue weighted by atomic mass is 10.1. The molecule has 5 nitrogen and oxygen atoms in total. The molecule has 2 atom stereocenters. The number of benzene rings is 1. The van der Waals surface area contributed by atoms with Crippen molar-refractivity contribution in [1.29, 1.82) is 0 Å². The smallest absolute Gasteiger partial charge is 0.256 e. The molecule has 2 rings (SSSR count). The van der Waals surface area contributed by atoms with Crippen molar-refractivity contribution in [3.05, 3.63) is 33.8 Å². The fourth-order valence-corrected chi connectivity index (χ4v) is 3.04. The molecular formula is C16H20Cl2N2O3. The van der Waals surface area contributed by atoms with Gasteiger partial charge in [-0.15, -0.1) is 0 Å². The summed E-state index contributed by atoms with van der Waals surface area (Å²) in [6, 6.07) is 3.86. The first kappa shape index (κ1) is 18.0. The van der Waals surface area contributed by atoms with Gasteiger partial charge in [0.1, 0.15) is 6.04 Å². The topological polar surface area (TPSA) is 69.6 Å². The predicted octanol–water partition coefficient (Wildman–Crippen LogP) is 2.49. The third-order valence-electron chi connectivity index (χ3n) is 4.03. The summed E-state index contributed by atoms with van der Waals surface area (Å²) in [7, 11) is 0. The van der Waals surface area contributed by atoms with Crippen LogP contribution in [0, 0.1) is 0 Å². The van der Waals surface area contributed by atoms with Crippen LogP contribution < -0.4 is 5.32 Å². The molecule has 0 bridgehead atoms. The van der Waals surface area contributed by atoms with Gasteiger partial charge in [0, 0.05) is 11.6 Å². The summed E-state index contributed by atoms with van der Waals surface area (Å²) in [6.45, 7) is 2.25. The van der Waals surface area contributed by atoms with E-state index in [0.29, 0.717) is 35.0 Å². The van der Waals surface area contributed by atoms with Crippen molar-refractivity contribution in [2.45, 2.75) is 38.3 Å². The largest absolute Gasteiger partial charge is 0.394 e. The minimum atomic E-state index is -0.543. The molecule has 1 aromatic rings. The van der Waals surface area contributed by atoms with E-state index in [9.17, 15) is 14.7 Å². The third-order valence-corrected chi connectivity index (χ3v) is 4.60. The molecule has 1 heterocycles. The number of carbonyl (C=O) groups is 2. The quantitative estimate of drug-likeness (QED) is 0.849. The van der Waals surface area contributed by atoms with Crippen LogP contribution in [0.4, 0.5) is 0 Å². The Kier molecular flexibility index (Phi) is 6.27. The molecule has 1 aliphatic rings. The van der Waals surface area contributed by atoms with Gasteiger partial charge < -0.3 is 15.3 Å². The number of hydrogen-bond donors (Lipinski definition) is 2. The van der Waals surface area contributed by atoms with E-state index < -0.39 is 6.04 Å². The molecule has 126 valence electrons. The van der Waals surface area contributed by atoms with Gasteiger partial charge in [-0.3, -0.25) is 9.59 Å². The number of halogens is 2. The van der Waals surface area contributed by atoms with Gasteiger partial charge in [0.15, 0.2) is 0 Å². The van der Waals surface area contributed by atoms with Gasteiger partial charge in [0.05, 0.1) is 23.2 Å². The Bertz CT molecular complexity index is 591. The van der Waals surface area contributed by atoms with E-state index in [1.54, 1.807) is 12.1 Å². The molecule has 1 unspecified atom stereocenters. The van der Waals surface area contributed by atoms with Crippen LogP contribution in [0.5, 0.6) is 0 Å². The highest BCUT2D eigenvalue weighted by atomic mass is 35.5. The average molecular weight is 359 g/mol. The highest BCUT2D eigenvalue weighted by Crippen LogP contribution is 2.26. The number of aliphatic hydroxyl groups is 1. The fourth-order valence-electron chi connectivity index (χ4n) is 2.67. The molecule has 0 spiro atoms. The summed E-state index contributed by atoms with van der Waals surface area (Å²) in [6.07, 6.45) is 1.97. The van der Waals surface area contributed by atoms with Crippen LogP contribution in [0.2, 0.25) is 10.0 Å². The monoisotopic (exact) mass is 358 g/mol. The van der Waals surface area contributed by atoms with Crippen molar-refractivity contribution in [1.82, 2.24) is 10.2 Å². The normalized spacial score (nSPS) is 18.8. The zero-order valence-corrected chi connectivity index (χ0v) is 14.4. The molecule has 0 aromatic heterocycles. The van der Waals surface area contributed by atoms with Crippen LogP contribution in [-0.4, -0.2) is 47.1 Å². The summed E-state index contributed by atoms with van der Waals surface area (Å²) in [5.41, 5.74) is 0.299. The zero-order valence-electron chi connectivity index (χ0n) is 12.9. The molecule has 0 saturated carbocycles. The second-order valence-corrected chi connectivity index (χ2v) is 6.42. The Balaban J connectivity index is 2.16. The lowest BCUT2D eigenvalue weighted by molar-refractivity contribution is -0.125. The van der Waals surface area contributed by atoms with Crippen molar-refractivity contribution >= 4 is 35.0 Å². The average Bonchev–Trinajstić information content (AvgIpc) is 3.03. The molecule has 1 saturated heterocycles. The number of hydrogen-bond acceptors (Lipinski definition) is 3.